The Kier molecular flexibility index (Phi) is 3.61. The van der Waals surface area contributed by atoms with Crippen LogP contribution in [0.5, 0.6) is 0 Å². The van der Waals surface area contributed by atoms with Gasteiger partial charge in [0.25, 0.3) is 0 Å². The van der Waals surface area contributed by atoms with E-state index < -0.39 is 0 Å². The molecule has 3 heterocycles. The number of para-hydroxylation sites is 1. The standard InChI is InChI=1S/C18H20N4O/c23-18(14-20-12-8-15-5-1-2-7-17(15)20)21-10-3-6-16(13-21)22-11-4-9-19-22/h1-2,4-5,7-9,11-12,16H,3,6,10,13-14H2/t16-/m0/s1. The number of aromatic nitrogens is 3. The number of piperidine rings is 1. The van der Waals surface area contributed by atoms with E-state index in [4.69, 9.17) is 0 Å². The van der Waals surface area contributed by atoms with Gasteiger partial charge < -0.3 is 9.47 Å². The third-order valence-corrected chi connectivity index (χ3v) is 4.63. The molecule has 2 aromatic heterocycles. The van der Waals surface area contributed by atoms with E-state index in [0.29, 0.717) is 12.6 Å². The lowest BCUT2D eigenvalue weighted by molar-refractivity contribution is -0.133. The first-order valence-corrected chi connectivity index (χ1v) is 8.12. The molecule has 23 heavy (non-hydrogen) atoms. The fourth-order valence-electron chi connectivity index (χ4n) is 3.42. The van der Waals surface area contributed by atoms with E-state index in [2.05, 4.69) is 23.3 Å². The summed E-state index contributed by atoms with van der Waals surface area (Å²) in [6.07, 6.45) is 7.89. The number of likely N-dealkylation sites (tertiary alicyclic amines) is 1. The third-order valence-electron chi connectivity index (χ3n) is 4.63. The van der Waals surface area contributed by atoms with Crippen LogP contribution in [0.4, 0.5) is 0 Å². The smallest absolute Gasteiger partial charge is 0.242 e. The van der Waals surface area contributed by atoms with Gasteiger partial charge in [-0.1, -0.05) is 18.2 Å². The zero-order chi connectivity index (χ0) is 15.6. The summed E-state index contributed by atoms with van der Waals surface area (Å²) in [4.78, 5) is 14.7. The van der Waals surface area contributed by atoms with Gasteiger partial charge in [-0.2, -0.15) is 5.10 Å². The molecule has 118 valence electrons. The van der Waals surface area contributed by atoms with E-state index in [0.717, 1.165) is 31.4 Å². The number of hydrogen-bond donors (Lipinski definition) is 0. The van der Waals surface area contributed by atoms with Crippen molar-refractivity contribution in [2.24, 2.45) is 0 Å². The van der Waals surface area contributed by atoms with E-state index in [-0.39, 0.29) is 5.91 Å². The summed E-state index contributed by atoms with van der Waals surface area (Å²) in [5, 5.41) is 5.50. The Balaban J connectivity index is 1.48. The van der Waals surface area contributed by atoms with Crippen LogP contribution < -0.4 is 0 Å². The Bertz CT molecular complexity index is 805. The van der Waals surface area contributed by atoms with Crippen molar-refractivity contribution in [3.05, 3.63) is 55.0 Å². The minimum Gasteiger partial charge on any atom is -0.339 e. The maximum absolute atomic E-state index is 12.7. The first-order chi connectivity index (χ1) is 11.3. The highest BCUT2D eigenvalue weighted by Gasteiger charge is 2.25. The van der Waals surface area contributed by atoms with E-state index in [1.165, 1.54) is 5.39 Å². The zero-order valence-electron chi connectivity index (χ0n) is 13.0. The molecule has 0 bridgehead atoms. The van der Waals surface area contributed by atoms with E-state index >= 15 is 0 Å². The van der Waals surface area contributed by atoms with Crippen LogP contribution in [0.3, 0.4) is 0 Å². The van der Waals surface area contributed by atoms with Crippen molar-refractivity contribution in [3.63, 3.8) is 0 Å². The predicted molar refractivity (Wildman–Crippen MR) is 89.0 cm³/mol. The van der Waals surface area contributed by atoms with Gasteiger partial charge in [0.2, 0.25) is 5.91 Å². The maximum atomic E-state index is 12.7. The SMILES string of the molecule is O=C(Cn1ccc2ccccc21)N1CCC[C@H](n2cccn2)C1. The van der Waals surface area contributed by atoms with Crippen LogP contribution in [0.25, 0.3) is 10.9 Å². The predicted octanol–water partition coefficient (Wildman–Crippen LogP) is 2.70. The van der Waals surface area contributed by atoms with Crippen molar-refractivity contribution >= 4 is 16.8 Å². The molecule has 0 radical (unpaired) electrons. The molecular formula is C18H20N4O. The summed E-state index contributed by atoms with van der Waals surface area (Å²) >= 11 is 0. The van der Waals surface area contributed by atoms with Gasteiger partial charge in [0, 0.05) is 37.2 Å². The second-order valence-electron chi connectivity index (χ2n) is 6.12. The van der Waals surface area contributed by atoms with Gasteiger partial charge in [0.15, 0.2) is 0 Å². The lowest BCUT2D eigenvalue weighted by Gasteiger charge is -2.33. The highest BCUT2D eigenvalue weighted by Crippen LogP contribution is 2.21. The number of amides is 1. The van der Waals surface area contributed by atoms with Gasteiger partial charge >= 0.3 is 0 Å². The third kappa shape index (κ3) is 2.74. The Morgan fingerprint density at radius 3 is 2.96 bits per heavy atom. The Morgan fingerprint density at radius 1 is 1.17 bits per heavy atom. The van der Waals surface area contributed by atoms with Gasteiger partial charge in [-0.15, -0.1) is 0 Å². The van der Waals surface area contributed by atoms with Crippen molar-refractivity contribution in [1.82, 2.24) is 19.2 Å². The van der Waals surface area contributed by atoms with Crippen LogP contribution >= 0.6 is 0 Å². The van der Waals surface area contributed by atoms with Crippen LogP contribution in [-0.2, 0) is 11.3 Å². The monoisotopic (exact) mass is 308 g/mol. The average Bonchev–Trinajstić information content (AvgIpc) is 3.25. The zero-order valence-corrected chi connectivity index (χ0v) is 13.0. The van der Waals surface area contributed by atoms with Crippen molar-refractivity contribution in [3.8, 4) is 0 Å². The molecule has 1 fully saturated rings. The lowest BCUT2D eigenvalue weighted by atomic mass is 10.1. The Morgan fingerprint density at radius 2 is 2.09 bits per heavy atom. The van der Waals surface area contributed by atoms with Gasteiger partial charge in [-0.25, -0.2) is 0 Å². The molecule has 1 aliphatic heterocycles. The first-order valence-electron chi connectivity index (χ1n) is 8.12. The second kappa shape index (κ2) is 5.91. The molecule has 1 saturated heterocycles. The molecule has 0 N–H and O–H groups in total. The van der Waals surface area contributed by atoms with Crippen molar-refractivity contribution < 1.29 is 4.79 Å². The normalized spacial score (nSPS) is 18.4. The summed E-state index contributed by atoms with van der Waals surface area (Å²) in [5.41, 5.74) is 1.11. The van der Waals surface area contributed by atoms with Crippen molar-refractivity contribution in [2.45, 2.75) is 25.4 Å². The number of carbonyl (C=O) groups excluding carboxylic acids is 1. The second-order valence-corrected chi connectivity index (χ2v) is 6.12. The fraction of sp³-hybridized carbons (Fsp3) is 0.333. The molecule has 3 aromatic rings. The molecule has 0 aliphatic carbocycles. The van der Waals surface area contributed by atoms with Gasteiger partial charge in [-0.3, -0.25) is 9.48 Å². The van der Waals surface area contributed by atoms with E-state index in [1.807, 2.05) is 44.7 Å². The van der Waals surface area contributed by atoms with Crippen LogP contribution in [0.15, 0.2) is 55.0 Å². The van der Waals surface area contributed by atoms with E-state index in [9.17, 15) is 4.79 Å². The van der Waals surface area contributed by atoms with Crippen LogP contribution in [0.1, 0.15) is 18.9 Å². The number of fused-ring (bicyclic) bond motifs is 1. The molecular weight excluding hydrogens is 288 g/mol. The summed E-state index contributed by atoms with van der Waals surface area (Å²) in [6.45, 7) is 1.99. The minimum atomic E-state index is 0.184. The topological polar surface area (TPSA) is 43.1 Å². The van der Waals surface area contributed by atoms with E-state index in [1.54, 1.807) is 6.20 Å². The quantitative estimate of drug-likeness (QED) is 0.746. The van der Waals surface area contributed by atoms with Crippen LogP contribution in [0, 0.1) is 0 Å². The number of rotatable bonds is 3. The molecule has 1 atom stereocenters. The number of benzene rings is 1. The summed E-state index contributed by atoms with van der Waals surface area (Å²) in [6, 6.07) is 12.5. The largest absolute Gasteiger partial charge is 0.339 e. The molecule has 1 aromatic carbocycles. The Labute approximate surface area is 135 Å². The number of hydrogen-bond acceptors (Lipinski definition) is 2. The molecule has 0 spiro atoms. The molecule has 0 saturated carbocycles. The van der Waals surface area contributed by atoms with Crippen molar-refractivity contribution in [1.29, 1.82) is 0 Å². The van der Waals surface area contributed by atoms with Gasteiger partial charge in [0.1, 0.15) is 6.54 Å². The molecule has 5 heteroatoms. The van der Waals surface area contributed by atoms with Crippen molar-refractivity contribution in [2.75, 3.05) is 13.1 Å². The summed E-state index contributed by atoms with van der Waals surface area (Å²) in [5.74, 6) is 0.184. The molecule has 4 rings (SSSR count). The van der Waals surface area contributed by atoms with Crippen LogP contribution in [0.2, 0.25) is 0 Å². The highest BCUT2D eigenvalue weighted by atomic mass is 16.2. The number of carbonyl (C=O) groups is 1. The molecule has 0 unspecified atom stereocenters. The van der Waals surface area contributed by atoms with Crippen LogP contribution in [-0.4, -0.2) is 38.2 Å². The molecule has 1 amide bonds. The molecule has 1 aliphatic rings. The first kappa shape index (κ1) is 14.1. The molecule has 5 nitrogen and oxygen atoms in total. The summed E-state index contributed by atoms with van der Waals surface area (Å²) < 4.78 is 4.01. The summed E-state index contributed by atoms with van der Waals surface area (Å²) in [7, 11) is 0. The fourth-order valence-corrected chi connectivity index (χ4v) is 3.42. The maximum Gasteiger partial charge on any atom is 0.242 e. The number of nitrogens with zero attached hydrogens (tertiary/aromatic N) is 4. The highest BCUT2D eigenvalue weighted by molar-refractivity contribution is 5.83. The Hall–Kier alpha value is -2.56. The average molecular weight is 308 g/mol. The lowest BCUT2D eigenvalue weighted by Crippen LogP contribution is -2.42. The van der Waals surface area contributed by atoms with Gasteiger partial charge in [0.05, 0.1) is 6.04 Å². The minimum absolute atomic E-state index is 0.184. The van der Waals surface area contributed by atoms with Gasteiger partial charge in [-0.05, 0) is 36.4 Å².